The lowest BCUT2D eigenvalue weighted by Gasteiger charge is -2.08. The van der Waals surface area contributed by atoms with Crippen LogP contribution in [0.15, 0.2) is 71.1 Å². The molecule has 0 saturated carbocycles. The minimum absolute atomic E-state index is 0.0812. The summed E-state index contributed by atoms with van der Waals surface area (Å²) in [7, 11) is 0. The molecule has 0 aliphatic rings. The summed E-state index contributed by atoms with van der Waals surface area (Å²) in [5, 5.41) is 7.76. The number of furan rings is 1. The van der Waals surface area contributed by atoms with Crippen LogP contribution in [0, 0.1) is 5.82 Å². The Morgan fingerprint density at radius 2 is 1.72 bits per heavy atom. The molecule has 2 N–H and O–H groups in total. The van der Waals surface area contributed by atoms with Gasteiger partial charge in [-0.1, -0.05) is 24.3 Å². The average molecular weight is 334 g/mol. The van der Waals surface area contributed by atoms with Crippen LogP contribution in [0.1, 0.15) is 0 Å². The molecule has 1 aromatic heterocycles. The van der Waals surface area contributed by atoms with Gasteiger partial charge in [0.25, 0.3) is 0 Å². The number of anilines is 2. The molecule has 0 unspecified atom stereocenters. The number of benzene rings is 3. The van der Waals surface area contributed by atoms with Gasteiger partial charge in [-0.05, 0) is 42.5 Å². The van der Waals surface area contributed by atoms with Crippen molar-refractivity contribution in [3.8, 4) is 0 Å². The van der Waals surface area contributed by atoms with Crippen LogP contribution in [0.3, 0.4) is 0 Å². The van der Waals surface area contributed by atoms with E-state index in [1.54, 1.807) is 12.1 Å². The molecule has 4 rings (SSSR count). The van der Waals surface area contributed by atoms with Gasteiger partial charge in [0.1, 0.15) is 17.0 Å². The van der Waals surface area contributed by atoms with Crippen LogP contribution in [-0.2, 0) is 4.79 Å². The first-order chi connectivity index (χ1) is 12.2. The molecule has 1 heterocycles. The third-order valence-corrected chi connectivity index (χ3v) is 3.94. The van der Waals surface area contributed by atoms with Crippen LogP contribution in [-0.4, -0.2) is 12.5 Å². The SMILES string of the molecule is O=C(CNc1ccc2oc3ccccc3c2c1)Nc1cccc(F)c1. The minimum Gasteiger partial charge on any atom is -0.456 e. The van der Waals surface area contributed by atoms with Crippen LogP contribution in [0.5, 0.6) is 0 Å². The van der Waals surface area contributed by atoms with Crippen LogP contribution in [0.2, 0.25) is 0 Å². The number of carbonyl (C=O) groups excluding carboxylic acids is 1. The van der Waals surface area contributed by atoms with Crippen LogP contribution >= 0.6 is 0 Å². The second-order valence-electron chi connectivity index (χ2n) is 5.72. The van der Waals surface area contributed by atoms with E-state index in [1.165, 1.54) is 12.1 Å². The van der Waals surface area contributed by atoms with Gasteiger partial charge in [-0.2, -0.15) is 0 Å². The Morgan fingerprint density at radius 3 is 2.60 bits per heavy atom. The maximum Gasteiger partial charge on any atom is 0.243 e. The zero-order valence-electron chi connectivity index (χ0n) is 13.3. The van der Waals surface area contributed by atoms with Crippen molar-refractivity contribution >= 4 is 39.2 Å². The third kappa shape index (κ3) is 3.17. The van der Waals surface area contributed by atoms with E-state index >= 15 is 0 Å². The van der Waals surface area contributed by atoms with Crippen molar-refractivity contribution in [1.29, 1.82) is 0 Å². The first-order valence-corrected chi connectivity index (χ1v) is 7.90. The molecule has 0 bridgehead atoms. The Kier molecular flexibility index (Phi) is 3.82. The van der Waals surface area contributed by atoms with Gasteiger partial charge in [0.15, 0.2) is 0 Å². The first-order valence-electron chi connectivity index (χ1n) is 7.90. The van der Waals surface area contributed by atoms with E-state index in [4.69, 9.17) is 4.42 Å². The predicted octanol–water partition coefficient (Wildman–Crippen LogP) is 4.78. The van der Waals surface area contributed by atoms with Gasteiger partial charge in [0, 0.05) is 22.1 Å². The number of halogens is 1. The molecule has 4 aromatic rings. The molecule has 0 fully saturated rings. The van der Waals surface area contributed by atoms with Gasteiger partial charge in [0.2, 0.25) is 5.91 Å². The molecule has 0 saturated heterocycles. The van der Waals surface area contributed by atoms with E-state index in [1.807, 2.05) is 42.5 Å². The van der Waals surface area contributed by atoms with Crippen LogP contribution in [0.25, 0.3) is 21.9 Å². The number of carbonyl (C=O) groups is 1. The largest absolute Gasteiger partial charge is 0.456 e. The molecule has 4 nitrogen and oxygen atoms in total. The average Bonchev–Trinajstić information content (AvgIpc) is 2.98. The number of para-hydroxylation sites is 1. The van der Waals surface area contributed by atoms with Gasteiger partial charge in [-0.3, -0.25) is 4.79 Å². The Morgan fingerprint density at radius 1 is 0.880 bits per heavy atom. The molecule has 0 spiro atoms. The Hall–Kier alpha value is -3.34. The lowest BCUT2D eigenvalue weighted by molar-refractivity contribution is -0.114. The summed E-state index contributed by atoms with van der Waals surface area (Å²) in [5.41, 5.74) is 2.88. The fourth-order valence-corrected chi connectivity index (χ4v) is 2.79. The second kappa shape index (κ2) is 6.28. The second-order valence-corrected chi connectivity index (χ2v) is 5.72. The molecular weight excluding hydrogens is 319 g/mol. The van der Waals surface area contributed by atoms with Gasteiger partial charge < -0.3 is 15.1 Å². The standard InChI is InChI=1S/C20H15FN2O2/c21-13-4-3-5-15(10-13)23-20(24)12-22-14-8-9-19-17(11-14)16-6-1-2-7-18(16)25-19/h1-11,22H,12H2,(H,23,24). The highest BCUT2D eigenvalue weighted by atomic mass is 19.1. The molecule has 124 valence electrons. The van der Waals surface area contributed by atoms with Crippen molar-refractivity contribution in [2.75, 3.05) is 17.2 Å². The number of hydrogen-bond donors (Lipinski definition) is 2. The lowest BCUT2D eigenvalue weighted by atomic mass is 10.1. The number of hydrogen-bond acceptors (Lipinski definition) is 3. The monoisotopic (exact) mass is 334 g/mol. The van der Waals surface area contributed by atoms with Crippen molar-refractivity contribution in [3.63, 3.8) is 0 Å². The zero-order valence-corrected chi connectivity index (χ0v) is 13.3. The van der Waals surface area contributed by atoms with Crippen molar-refractivity contribution in [3.05, 3.63) is 72.5 Å². The highest BCUT2D eigenvalue weighted by molar-refractivity contribution is 6.06. The quantitative estimate of drug-likeness (QED) is 0.565. The minimum atomic E-state index is -0.386. The fourth-order valence-electron chi connectivity index (χ4n) is 2.79. The highest BCUT2D eigenvalue weighted by Crippen LogP contribution is 2.30. The topological polar surface area (TPSA) is 54.3 Å². The van der Waals surface area contributed by atoms with E-state index in [2.05, 4.69) is 10.6 Å². The Balaban J connectivity index is 1.49. The third-order valence-electron chi connectivity index (χ3n) is 3.94. The summed E-state index contributed by atoms with van der Waals surface area (Å²) in [6.07, 6.45) is 0. The summed E-state index contributed by atoms with van der Waals surface area (Å²) in [5.74, 6) is -0.634. The molecule has 0 aliphatic heterocycles. The first kappa shape index (κ1) is 15.2. The maximum absolute atomic E-state index is 13.1. The lowest BCUT2D eigenvalue weighted by Crippen LogP contribution is -2.21. The van der Waals surface area contributed by atoms with Crippen molar-refractivity contribution in [2.24, 2.45) is 0 Å². The predicted molar refractivity (Wildman–Crippen MR) is 97.2 cm³/mol. The van der Waals surface area contributed by atoms with E-state index < -0.39 is 0 Å². The smallest absolute Gasteiger partial charge is 0.243 e. The van der Waals surface area contributed by atoms with Crippen LogP contribution in [0.4, 0.5) is 15.8 Å². The molecule has 0 aliphatic carbocycles. The number of nitrogens with one attached hydrogen (secondary N) is 2. The highest BCUT2D eigenvalue weighted by Gasteiger charge is 2.08. The van der Waals surface area contributed by atoms with Crippen molar-refractivity contribution in [1.82, 2.24) is 0 Å². The molecule has 25 heavy (non-hydrogen) atoms. The molecule has 1 amide bonds. The van der Waals surface area contributed by atoms with Gasteiger partial charge in [0.05, 0.1) is 6.54 Å². The fraction of sp³-hybridized carbons (Fsp3) is 0.0500. The summed E-state index contributed by atoms with van der Waals surface area (Å²) < 4.78 is 18.9. The van der Waals surface area contributed by atoms with E-state index in [0.29, 0.717) is 5.69 Å². The van der Waals surface area contributed by atoms with E-state index in [9.17, 15) is 9.18 Å². The maximum atomic E-state index is 13.1. The molecular formula is C20H15FN2O2. The van der Waals surface area contributed by atoms with Gasteiger partial charge in [-0.15, -0.1) is 0 Å². The van der Waals surface area contributed by atoms with E-state index in [-0.39, 0.29) is 18.3 Å². The summed E-state index contributed by atoms with van der Waals surface area (Å²) in [6, 6.07) is 19.3. The molecule has 5 heteroatoms. The van der Waals surface area contributed by atoms with Gasteiger partial charge >= 0.3 is 0 Å². The Labute approximate surface area is 143 Å². The summed E-state index contributed by atoms with van der Waals surface area (Å²) >= 11 is 0. The zero-order chi connectivity index (χ0) is 17.2. The molecule has 0 radical (unpaired) electrons. The van der Waals surface area contributed by atoms with Gasteiger partial charge in [-0.25, -0.2) is 4.39 Å². The summed E-state index contributed by atoms with van der Waals surface area (Å²) in [6.45, 7) is 0.0812. The summed E-state index contributed by atoms with van der Waals surface area (Å²) in [4.78, 5) is 12.0. The van der Waals surface area contributed by atoms with Crippen molar-refractivity contribution in [2.45, 2.75) is 0 Å². The number of fused-ring (bicyclic) bond motifs is 3. The molecule has 0 atom stereocenters. The Bertz CT molecular complexity index is 1070. The number of amides is 1. The molecule has 3 aromatic carbocycles. The van der Waals surface area contributed by atoms with Crippen LogP contribution < -0.4 is 10.6 Å². The van der Waals surface area contributed by atoms with Crippen molar-refractivity contribution < 1.29 is 13.6 Å². The van der Waals surface area contributed by atoms with E-state index in [0.717, 1.165) is 27.6 Å². The number of rotatable bonds is 4. The normalized spacial score (nSPS) is 10.9.